The molecule has 0 heterocycles. The molecule has 0 aromatic rings. The minimum Gasteiger partial charge on any atom is -2.00 e. The SMILES string of the molecule is [Cu+2].[Fe+2].[Mn+2].[Na+].[O-2]. The molecule has 28 valence electrons. The maximum absolute atomic E-state index is 0. The van der Waals surface area contributed by atoms with E-state index in [1.165, 1.54) is 0 Å². The zero-order valence-electron chi connectivity index (χ0n) is 2.44. The summed E-state index contributed by atoms with van der Waals surface area (Å²) in [6.07, 6.45) is 0. The first kappa shape index (κ1) is 50.4. The molecule has 0 aliphatic rings. The molecule has 5 heavy (non-hydrogen) atoms. The molecule has 0 amide bonds. The van der Waals surface area contributed by atoms with Gasteiger partial charge in [0.25, 0.3) is 0 Å². The Hall–Kier alpha value is 2.52. The van der Waals surface area contributed by atoms with E-state index in [2.05, 4.69) is 0 Å². The van der Waals surface area contributed by atoms with Crippen molar-refractivity contribution < 1.29 is 86.2 Å². The molecule has 0 aliphatic carbocycles. The van der Waals surface area contributed by atoms with Gasteiger partial charge in [0.2, 0.25) is 0 Å². The van der Waals surface area contributed by atoms with Gasteiger partial charge < -0.3 is 5.48 Å². The maximum Gasteiger partial charge on any atom is 2.00 e. The minimum atomic E-state index is 0. The summed E-state index contributed by atoms with van der Waals surface area (Å²) in [5.74, 6) is 0. The van der Waals surface area contributed by atoms with Gasteiger partial charge in [-0.2, -0.15) is 0 Å². The third-order valence-corrected chi connectivity index (χ3v) is 0. The summed E-state index contributed by atoms with van der Waals surface area (Å²) >= 11 is 0. The average Bonchev–Trinajstić information content (AvgIpc) is 0. The fourth-order valence-electron chi connectivity index (χ4n) is 0. The number of hydrogen-bond acceptors (Lipinski definition) is 0. The summed E-state index contributed by atoms with van der Waals surface area (Å²) in [6.45, 7) is 0. The summed E-state index contributed by atoms with van der Waals surface area (Å²) in [6, 6.07) is 0. The van der Waals surface area contributed by atoms with Crippen LogP contribution in [-0.4, -0.2) is 0 Å². The molecule has 0 spiro atoms. The predicted octanol–water partition coefficient (Wildman–Crippen LogP) is -3.12. The quantitative estimate of drug-likeness (QED) is 0.381. The maximum atomic E-state index is 0. The summed E-state index contributed by atoms with van der Waals surface area (Å²) in [7, 11) is 0. The monoisotopic (exact) mass is 213 g/mol. The van der Waals surface area contributed by atoms with Crippen LogP contribution in [0.5, 0.6) is 0 Å². The number of hydrogen-bond donors (Lipinski definition) is 0. The molecule has 0 aromatic heterocycles. The molecular formula is CuFeMnNaO+5. The third-order valence-electron chi connectivity index (χ3n) is 0. The molecule has 0 aliphatic heterocycles. The molecule has 2 radical (unpaired) electrons. The molecule has 1 nitrogen and oxygen atoms in total. The fourth-order valence-corrected chi connectivity index (χ4v) is 0. The summed E-state index contributed by atoms with van der Waals surface area (Å²) in [4.78, 5) is 0. The van der Waals surface area contributed by atoms with E-state index in [1.807, 2.05) is 0 Å². The van der Waals surface area contributed by atoms with E-state index in [-0.39, 0.29) is 86.2 Å². The molecule has 0 saturated heterocycles. The minimum absolute atomic E-state index is 0. The van der Waals surface area contributed by atoms with E-state index >= 15 is 0 Å². The van der Waals surface area contributed by atoms with Crippen molar-refractivity contribution in [2.75, 3.05) is 0 Å². The third kappa shape index (κ3) is 21.0. The van der Waals surface area contributed by atoms with Gasteiger partial charge in [-0.15, -0.1) is 0 Å². The van der Waals surface area contributed by atoms with Crippen LogP contribution < -0.4 is 29.6 Å². The Bertz CT molecular complexity index is 11.6. The average molecular weight is 213 g/mol. The Labute approximate surface area is 85.0 Å². The first-order chi connectivity index (χ1) is 0. The van der Waals surface area contributed by atoms with Crippen LogP contribution >= 0.6 is 0 Å². The van der Waals surface area contributed by atoms with Crippen molar-refractivity contribution in [3.8, 4) is 0 Å². The van der Waals surface area contributed by atoms with E-state index < -0.39 is 0 Å². The molecule has 5 heteroatoms. The van der Waals surface area contributed by atoms with Crippen LogP contribution in [0, 0.1) is 0 Å². The topological polar surface area (TPSA) is 28.5 Å². The standard InChI is InChI=1S/Cu.Fe.Mn.Na.O/q3*+2;+1;-2. The first-order valence-corrected chi connectivity index (χ1v) is 0. The zero-order valence-corrected chi connectivity index (χ0v) is 7.67. The number of rotatable bonds is 0. The Kier molecular flexibility index (Phi) is 315. The fraction of sp³-hybridized carbons (Fsp3) is 0. The van der Waals surface area contributed by atoms with Gasteiger partial charge in [0.1, 0.15) is 0 Å². The molecule has 0 N–H and O–H groups in total. The largest absolute Gasteiger partial charge is 2.00 e. The molecular weight excluding hydrogens is 213 g/mol. The van der Waals surface area contributed by atoms with Crippen molar-refractivity contribution in [1.82, 2.24) is 0 Å². The van der Waals surface area contributed by atoms with Crippen molar-refractivity contribution >= 4 is 0 Å². The van der Waals surface area contributed by atoms with Gasteiger partial charge in [0, 0.05) is 0 Å². The van der Waals surface area contributed by atoms with Crippen molar-refractivity contribution in [3.05, 3.63) is 0 Å². The second kappa shape index (κ2) is 31.3. The molecule has 0 unspecified atom stereocenters. The summed E-state index contributed by atoms with van der Waals surface area (Å²) in [5, 5.41) is 0. The van der Waals surface area contributed by atoms with Crippen LogP contribution in [0.1, 0.15) is 0 Å². The molecule has 0 saturated carbocycles. The van der Waals surface area contributed by atoms with Gasteiger partial charge in [-0.1, -0.05) is 0 Å². The van der Waals surface area contributed by atoms with Crippen LogP contribution in [0.3, 0.4) is 0 Å². The van der Waals surface area contributed by atoms with Crippen LogP contribution in [-0.2, 0) is 56.7 Å². The Morgan fingerprint density at radius 3 is 1.00 bits per heavy atom. The normalized spacial score (nSPS) is 0. The van der Waals surface area contributed by atoms with Crippen LogP contribution in [0.2, 0.25) is 0 Å². The van der Waals surface area contributed by atoms with Gasteiger partial charge in [0.15, 0.2) is 0 Å². The Morgan fingerprint density at radius 2 is 1.00 bits per heavy atom. The second-order valence-corrected chi connectivity index (χ2v) is 0. The smallest absolute Gasteiger partial charge is 2.00 e. The van der Waals surface area contributed by atoms with E-state index in [4.69, 9.17) is 0 Å². The molecule has 0 fully saturated rings. The van der Waals surface area contributed by atoms with Crippen molar-refractivity contribution in [2.24, 2.45) is 0 Å². The van der Waals surface area contributed by atoms with Gasteiger partial charge in [0.05, 0.1) is 0 Å². The van der Waals surface area contributed by atoms with Crippen molar-refractivity contribution in [2.45, 2.75) is 0 Å². The van der Waals surface area contributed by atoms with E-state index in [9.17, 15) is 0 Å². The predicted molar refractivity (Wildman–Crippen MR) is 0.686 cm³/mol. The van der Waals surface area contributed by atoms with Crippen molar-refractivity contribution in [1.29, 1.82) is 0 Å². The van der Waals surface area contributed by atoms with E-state index in [0.717, 1.165) is 0 Å². The second-order valence-electron chi connectivity index (χ2n) is 0. The van der Waals surface area contributed by atoms with Crippen molar-refractivity contribution in [3.63, 3.8) is 0 Å². The molecule has 0 aromatic carbocycles. The van der Waals surface area contributed by atoms with Crippen LogP contribution in [0.4, 0.5) is 0 Å². The van der Waals surface area contributed by atoms with Crippen LogP contribution in [0.15, 0.2) is 0 Å². The Balaban J connectivity index is 0. The zero-order chi connectivity index (χ0) is 0. The molecule has 0 bridgehead atoms. The molecule has 0 rings (SSSR count). The van der Waals surface area contributed by atoms with Gasteiger partial charge in [-0.3, -0.25) is 0 Å². The van der Waals surface area contributed by atoms with E-state index in [1.54, 1.807) is 0 Å². The van der Waals surface area contributed by atoms with Gasteiger partial charge in [-0.05, 0) is 0 Å². The van der Waals surface area contributed by atoms with Crippen LogP contribution in [0.25, 0.3) is 0 Å². The first-order valence-electron chi connectivity index (χ1n) is 0. The summed E-state index contributed by atoms with van der Waals surface area (Å²) in [5.41, 5.74) is 0. The molecule has 0 atom stereocenters. The Morgan fingerprint density at radius 1 is 1.00 bits per heavy atom. The van der Waals surface area contributed by atoms with Gasteiger partial charge >= 0.3 is 80.8 Å². The van der Waals surface area contributed by atoms with E-state index in [0.29, 0.717) is 0 Å². The summed E-state index contributed by atoms with van der Waals surface area (Å²) < 4.78 is 0. The van der Waals surface area contributed by atoms with Gasteiger partial charge in [-0.25, -0.2) is 0 Å².